The minimum atomic E-state index is -0.170. The summed E-state index contributed by atoms with van der Waals surface area (Å²) in [6.45, 7) is 4.03. The van der Waals surface area contributed by atoms with E-state index in [-0.39, 0.29) is 5.91 Å². The van der Waals surface area contributed by atoms with Crippen molar-refractivity contribution in [3.05, 3.63) is 57.8 Å². The number of benzene rings is 1. The lowest BCUT2D eigenvalue weighted by atomic mass is 10.1. The molecule has 0 spiro atoms. The molecule has 0 aliphatic heterocycles. The minimum absolute atomic E-state index is 0.170. The third-order valence-corrected chi connectivity index (χ3v) is 4.49. The van der Waals surface area contributed by atoms with E-state index in [1.54, 1.807) is 6.07 Å². The predicted molar refractivity (Wildman–Crippen MR) is 88.3 cm³/mol. The van der Waals surface area contributed by atoms with Crippen LogP contribution in [0.25, 0.3) is 11.3 Å². The molecule has 1 amide bonds. The molecule has 1 N–H and O–H groups in total. The zero-order valence-electron chi connectivity index (χ0n) is 12.4. The SMILES string of the molecule is CCc1ccc(-c2cc(NC(=O)c3sccc3C)on2)cc1. The van der Waals surface area contributed by atoms with Gasteiger partial charge in [0.2, 0.25) is 5.88 Å². The quantitative estimate of drug-likeness (QED) is 0.770. The summed E-state index contributed by atoms with van der Waals surface area (Å²) in [6, 6.07) is 11.8. The lowest BCUT2D eigenvalue weighted by Gasteiger charge is -1.99. The molecule has 22 heavy (non-hydrogen) atoms. The average molecular weight is 312 g/mol. The van der Waals surface area contributed by atoms with Crippen LogP contribution in [0.2, 0.25) is 0 Å². The van der Waals surface area contributed by atoms with Crippen LogP contribution in [0.1, 0.15) is 27.7 Å². The van der Waals surface area contributed by atoms with Crippen LogP contribution < -0.4 is 5.32 Å². The van der Waals surface area contributed by atoms with Crippen LogP contribution in [0.4, 0.5) is 5.88 Å². The van der Waals surface area contributed by atoms with E-state index in [2.05, 4.69) is 29.5 Å². The predicted octanol–water partition coefficient (Wildman–Crippen LogP) is 4.53. The second kappa shape index (κ2) is 6.15. The van der Waals surface area contributed by atoms with Crippen molar-refractivity contribution in [1.82, 2.24) is 5.16 Å². The number of amides is 1. The Labute approximate surface area is 132 Å². The standard InChI is InChI=1S/C17H16N2O2S/c1-3-12-4-6-13(7-5-12)14-10-15(21-19-14)18-17(20)16-11(2)8-9-22-16/h4-10H,3H2,1-2H3,(H,18,20). The number of thiophene rings is 1. The van der Waals surface area contributed by atoms with Crippen LogP contribution in [0.3, 0.4) is 0 Å². The van der Waals surface area contributed by atoms with E-state index in [1.165, 1.54) is 16.9 Å². The molecule has 0 aliphatic carbocycles. The van der Waals surface area contributed by atoms with Crippen molar-refractivity contribution in [1.29, 1.82) is 0 Å². The van der Waals surface area contributed by atoms with Gasteiger partial charge in [0.05, 0.1) is 4.88 Å². The fourth-order valence-electron chi connectivity index (χ4n) is 2.16. The summed E-state index contributed by atoms with van der Waals surface area (Å²) in [4.78, 5) is 12.8. The second-order valence-corrected chi connectivity index (χ2v) is 5.93. The maximum atomic E-state index is 12.1. The van der Waals surface area contributed by atoms with Crippen molar-refractivity contribution in [3.63, 3.8) is 0 Å². The summed E-state index contributed by atoms with van der Waals surface area (Å²) in [5.74, 6) is 0.184. The second-order valence-electron chi connectivity index (χ2n) is 5.01. The van der Waals surface area contributed by atoms with Gasteiger partial charge in [0, 0.05) is 11.6 Å². The number of hydrogen-bond donors (Lipinski definition) is 1. The summed E-state index contributed by atoms with van der Waals surface area (Å²) in [5, 5.41) is 8.65. The van der Waals surface area contributed by atoms with Gasteiger partial charge in [-0.15, -0.1) is 11.3 Å². The van der Waals surface area contributed by atoms with Crippen LogP contribution >= 0.6 is 11.3 Å². The van der Waals surface area contributed by atoms with E-state index in [0.717, 1.165) is 17.5 Å². The van der Waals surface area contributed by atoms with E-state index in [4.69, 9.17) is 4.52 Å². The molecule has 1 aromatic carbocycles. The molecule has 3 aromatic rings. The molecule has 0 radical (unpaired) electrons. The lowest BCUT2D eigenvalue weighted by Crippen LogP contribution is -2.10. The number of hydrogen-bond acceptors (Lipinski definition) is 4. The summed E-state index contributed by atoms with van der Waals surface area (Å²) in [5.41, 5.74) is 3.90. The molecule has 0 bridgehead atoms. The van der Waals surface area contributed by atoms with Gasteiger partial charge in [-0.05, 0) is 35.9 Å². The Balaban J connectivity index is 1.76. The lowest BCUT2D eigenvalue weighted by molar-refractivity contribution is 0.102. The first kappa shape index (κ1) is 14.5. The van der Waals surface area contributed by atoms with Crippen molar-refractivity contribution in [3.8, 4) is 11.3 Å². The van der Waals surface area contributed by atoms with Crippen LogP contribution in [0.5, 0.6) is 0 Å². The number of anilines is 1. The fourth-order valence-corrected chi connectivity index (χ4v) is 2.98. The molecule has 0 atom stereocenters. The topological polar surface area (TPSA) is 55.1 Å². The Morgan fingerprint density at radius 1 is 1.27 bits per heavy atom. The Morgan fingerprint density at radius 2 is 2.05 bits per heavy atom. The Kier molecular flexibility index (Phi) is 4.06. The van der Waals surface area contributed by atoms with Gasteiger partial charge in [-0.2, -0.15) is 0 Å². The number of aryl methyl sites for hydroxylation is 2. The van der Waals surface area contributed by atoms with Crippen molar-refractivity contribution in [2.45, 2.75) is 20.3 Å². The first-order chi connectivity index (χ1) is 10.7. The zero-order valence-corrected chi connectivity index (χ0v) is 13.2. The third kappa shape index (κ3) is 2.94. The van der Waals surface area contributed by atoms with Gasteiger partial charge in [-0.3, -0.25) is 10.1 Å². The largest absolute Gasteiger partial charge is 0.338 e. The number of carbonyl (C=O) groups is 1. The molecule has 0 aliphatic rings. The summed E-state index contributed by atoms with van der Waals surface area (Å²) >= 11 is 1.41. The van der Waals surface area contributed by atoms with Gasteiger partial charge in [0.25, 0.3) is 5.91 Å². The van der Waals surface area contributed by atoms with Crippen LogP contribution in [-0.2, 0) is 6.42 Å². The van der Waals surface area contributed by atoms with E-state index in [0.29, 0.717) is 16.5 Å². The van der Waals surface area contributed by atoms with Gasteiger partial charge >= 0.3 is 0 Å². The van der Waals surface area contributed by atoms with Crippen molar-refractivity contribution >= 4 is 23.1 Å². The number of aromatic nitrogens is 1. The number of nitrogens with zero attached hydrogens (tertiary/aromatic N) is 1. The third-order valence-electron chi connectivity index (χ3n) is 3.47. The van der Waals surface area contributed by atoms with Crippen LogP contribution in [0, 0.1) is 6.92 Å². The molecule has 4 nitrogen and oxygen atoms in total. The van der Waals surface area contributed by atoms with Gasteiger partial charge in [-0.25, -0.2) is 0 Å². The highest BCUT2D eigenvalue weighted by Crippen LogP contribution is 2.23. The Hall–Kier alpha value is -2.40. The first-order valence-electron chi connectivity index (χ1n) is 7.09. The van der Waals surface area contributed by atoms with Crippen LogP contribution in [-0.4, -0.2) is 11.1 Å². The molecule has 0 saturated heterocycles. The molecular formula is C17H16N2O2S. The smallest absolute Gasteiger partial charge is 0.268 e. The van der Waals surface area contributed by atoms with Crippen LogP contribution in [0.15, 0.2) is 46.3 Å². The summed E-state index contributed by atoms with van der Waals surface area (Å²) < 4.78 is 5.21. The van der Waals surface area contributed by atoms with E-state index < -0.39 is 0 Å². The molecule has 2 aromatic heterocycles. The Bertz CT molecular complexity index is 787. The maximum Gasteiger partial charge on any atom is 0.268 e. The first-order valence-corrected chi connectivity index (χ1v) is 7.97. The van der Waals surface area contributed by atoms with Gasteiger partial charge in [0.15, 0.2) is 0 Å². The Morgan fingerprint density at radius 3 is 2.68 bits per heavy atom. The molecule has 2 heterocycles. The number of nitrogens with one attached hydrogen (secondary N) is 1. The van der Waals surface area contributed by atoms with Gasteiger partial charge in [-0.1, -0.05) is 36.3 Å². The molecule has 0 saturated carbocycles. The molecule has 5 heteroatoms. The average Bonchev–Trinajstić information content (AvgIpc) is 3.16. The molecular weight excluding hydrogens is 296 g/mol. The van der Waals surface area contributed by atoms with Crippen molar-refractivity contribution in [2.75, 3.05) is 5.32 Å². The van der Waals surface area contributed by atoms with E-state index in [9.17, 15) is 4.79 Å². The highest BCUT2D eigenvalue weighted by molar-refractivity contribution is 7.12. The number of carbonyl (C=O) groups excluding carboxylic acids is 1. The number of rotatable bonds is 4. The monoisotopic (exact) mass is 312 g/mol. The van der Waals surface area contributed by atoms with Gasteiger partial charge in [0.1, 0.15) is 5.69 Å². The maximum absolute atomic E-state index is 12.1. The fraction of sp³-hybridized carbons (Fsp3) is 0.176. The van der Waals surface area contributed by atoms with Gasteiger partial charge < -0.3 is 4.52 Å². The van der Waals surface area contributed by atoms with Crippen molar-refractivity contribution < 1.29 is 9.32 Å². The zero-order chi connectivity index (χ0) is 15.5. The molecule has 0 fully saturated rings. The molecule has 0 unspecified atom stereocenters. The highest BCUT2D eigenvalue weighted by atomic mass is 32.1. The summed E-state index contributed by atoms with van der Waals surface area (Å²) in [7, 11) is 0. The van der Waals surface area contributed by atoms with Crippen molar-refractivity contribution in [2.24, 2.45) is 0 Å². The summed E-state index contributed by atoms with van der Waals surface area (Å²) in [6.07, 6.45) is 1.00. The van der Waals surface area contributed by atoms with E-state index in [1.807, 2.05) is 30.5 Å². The van der Waals surface area contributed by atoms with E-state index >= 15 is 0 Å². The minimum Gasteiger partial charge on any atom is -0.338 e. The molecule has 3 rings (SSSR count). The normalized spacial score (nSPS) is 10.6. The highest BCUT2D eigenvalue weighted by Gasteiger charge is 2.14. The molecule has 112 valence electrons.